The number of likely N-dealkylation sites (tertiary alicyclic amines) is 1. The first-order chi connectivity index (χ1) is 15.0. The van der Waals surface area contributed by atoms with E-state index in [-0.39, 0.29) is 29.9 Å². The summed E-state index contributed by atoms with van der Waals surface area (Å²) in [6.07, 6.45) is 2.43. The van der Waals surface area contributed by atoms with Gasteiger partial charge in [-0.2, -0.15) is 13.8 Å². The number of nitrogens with one attached hydrogen (secondary N) is 2. The Labute approximate surface area is 184 Å². The Bertz CT molecular complexity index is 907. The number of hydrogen-bond acceptors (Lipinski definition) is 8. The van der Waals surface area contributed by atoms with Gasteiger partial charge in [0.05, 0.1) is 12.4 Å². The van der Waals surface area contributed by atoms with Crippen molar-refractivity contribution in [3.8, 4) is 11.8 Å². The second kappa shape index (κ2) is 9.53. The molecule has 32 heavy (non-hydrogen) atoms. The second-order valence-corrected chi connectivity index (χ2v) is 8.79. The van der Waals surface area contributed by atoms with Crippen molar-refractivity contribution < 1.29 is 27.8 Å². The highest BCUT2D eigenvalue weighted by Crippen LogP contribution is 2.28. The Morgan fingerprint density at radius 3 is 2.53 bits per heavy atom. The zero-order chi connectivity index (χ0) is 23.5. The third-order valence-corrected chi connectivity index (χ3v) is 4.69. The van der Waals surface area contributed by atoms with Crippen molar-refractivity contribution in [2.24, 2.45) is 11.8 Å². The average molecular weight is 454 g/mol. The zero-order valence-corrected chi connectivity index (χ0v) is 18.6. The van der Waals surface area contributed by atoms with Crippen LogP contribution in [0.4, 0.5) is 25.2 Å². The smallest absolute Gasteiger partial charge is 0.410 e. The van der Waals surface area contributed by atoms with E-state index in [1.807, 2.05) is 34.6 Å². The molecule has 2 aromatic heterocycles. The molecule has 2 N–H and O–H groups in total. The quantitative estimate of drug-likeness (QED) is 0.677. The molecule has 1 fully saturated rings. The molecule has 1 amide bonds. The highest BCUT2D eigenvalue weighted by atomic mass is 19.3. The number of hydrogen-bond donors (Lipinski definition) is 2. The van der Waals surface area contributed by atoms with Crippen LogP contribution in [0.2, 0.25) is 0 Å². The van der Waals surface area contributed by atoms with E-state index in [1.165, 1.54) is 18.5 Å². The molecule has 0 bridgehead atoms. The van der Waals surface area contributed by atoms with Crippen LogP contribution < -0.4 is 14.8 Å². The summed E-state index contributed by atoms with van der Waals surface area (Å²) >= 11 is 0. The van der Waals surface area contributed by atoms with Crippen LogP contribution in [-0.4, -0.2) is 62.6 Å². The van der Waals surface area contributed by atoms with E-state index in [4.69, 9.17) is 9.47 Å². The molecule has 2 unspecified atom stereocenters. The van der Waals surface area contributed by atoms with Gasteiger partial charge in [0, 0.05) is 31.0 Å². The maximum absolute atomic E-state index is 12.4. The van der Waals surface area contributed by atoms with Crippen LogP contribution in [0.25, 0.3) is 0 Å². The molecule has 1 aliphatic heterocycles. The largest absolute Gasteiger partial charge is 0.472 e. The Kier molecular flexibility index (Phi) is 6.99. The number of ether oxygens (including phenoxy) is 3. The predicted molar refractivity (Wildman–Crippen MR) is 111 cm³/mol. The van der Waals surface area contributed by atoms with Crippen molar-refractivity contribution in [1.29, 1.82) is 0 Å². The van der Waals surface area contributed by atoms with E-state index in [1.54, 1.807) is 4.90 Å². The third kappa shape index (κ3) is 6.41. The highest BCUT2D eigenvalue weighted by Gasteiger charge is 2.37. The van der Waals surface area contributed by atoms with E-state index < -0.39 is 12.2 Å². The van der Waals surface area contributed by atoms with E-state index in [9.17, 15) is 13.6 Å². The molecule has 0 aliphatic carbocycles. The van der Waals surface area contributed by atoms with E-state index >= 15 is 0 Å². The molecule has 2 atom stereocenters. The summed E-state index contributed by atoms with van der Waals surface area (Å²) in [4.78, 5) is 22.6. The van der Waals surface area contributed by atoms with Crippen molar-refractivity contribution in [2.45, 2.75) is 52.9 Å². The summed E-state index contributed by atoms with van der Waals surface area (Å²) in [6, 6.07) is 1.28. The maximum Gasteiger partial charge on any atom is 0.410 e. The molecule has 3 rings (SSSR count). The van der Waals surface area contributed by atoms with Gasteiger partial charge in [0.15, 0.2) is 5.82 Å². The van der Waals surface area contributed by atoms with Crippen LogP contribution in [0.3, 0.4) is 0 Å². The van der Waals surface area contributed by atoms with Crippen molar-refractivity contribution in [3.05, 3.63) is 18.5 Å². The standard InChI is InChI=1S/C20H28F2N6O4/c1-11-9-28(19(29)32-20(3,4)5)10-12(2)17(11)30-16-8-23-7-14(25-16)24-13-6-15(27-26-13)31-18(21)22/h6-8,11-12,17-18H,9-10H2,1-5H3,(H2,24,25,26,27). The summed E-state index contributed by atoms with van der Waals surface area (Å²) in [5, 5.41) is 9.02. The van der Waals surface area contributed by atoms with Crippen molar-refractivity contribution in [3.63, 3.8) is 0 Å². The summed E-state index contributed by atoms with van der Waals surface area (Å²) in [7, 11) is 0. The Morgan fingerprint density at radius 1 is 1.22 bits per heavy atom. The molecule has 0 aromatic carbocycles. The van der Waals surface area contributed by atoms with Gasteiger partial charge in [0.2, 0.25) is 11.8 Å². The fourth-order valence-corrected chi connectivity index (χ4v) is 3.51. The fraction of sp³-hybridized carbons (Fsp3) is 0.600. The summed E-state index contributed by atoms with van der Waals surface area (Å²) < 4.78 is 40.3. The molecule has 10 nitrogen and oxygen atoms in total. The second-order valence-electron chi connectivity index (χ2n) is 8.79. The lowest BCUT2D eigenvalue weighted by Gasteiger charge is -2.41. The summed E-state index contributed by atoms with van der Waals surface area (Å²) in [6.45, 7) is 7.54. The van der Waals surface area contributed by atoms with Gasteiger partial charge in [0.1, 0.15) is 17.5 Å². The van der Waals surface area contributed by atoms with Crippen molar-refractivity contribution in [2.75, 3.05) is 18.4 Å². The predicted octanol–water partition coefficient (Wildman–Crippen LogP) is 3.82. The van der Waals surface area contributed by atoms with E-state index in [0.29, 0.717) is 30.6 Å². The van der Waals surface area contributed by atoms with Gasteiger partial charge in [0.25, 0.3) is 0 Å². The Morgan fingerprint density at radius 2 is 1.91 bits per heavy atom. The monoisotopic (exact) mass is 454 g/mol. The van der Waals surface area contributed by atoms with Crippen LogP contribution in [0.15, 0.2) is 18.5 Å². The number of anilines is 2. The number of nitrogens with zero attached hydrogens (tertiary/aromatic N) is 4. The van der Waals surface area contributed by atoms with Gasteiger partial charge in [-0.1, -0.05) is 13.8 Å². The normalized spacial score (nSPS) is 21.4. The lowest BCUT2D eigenvalue weighted by atomic mass is 9.88. The van der Waals surface area contributed by atoms with Crippen LogP contribution >= 0.6 is 0 Å². The van der Waals surface area contributed by atoms with Gasteiger partial charge in [-0.05, 0) is 20.8 Å². The van der Waals surface area contributed by atoms with Gasteiger partial charge in [-0.15, -0.1) is 5.10 Å². The van der Waals surface area contributed by atoms with Crippen molar-refractivity contribution >= 4 is 17.7 Å². The number of rotatable bonds is 6. The lowest BCUT2D eigenvalue weighted by molar-refractivity contribution is -0.0528. The number of alkyl halides is 2. The minimum absolute atomic E-state index is 0.0337. The average Bonchev–Trinajstić information content (AvgIpc) is 3.09. The molecular weight excluding hydrogens is 426 g/mol. The first kappa shape index (κ1) is 23.5. The molecule has 1 saturated heterocycles. The minimum Gasteiger partial charge on any atom is -0.472 e. The van der Waals surface area contributed by atoms with Crippen LogP contribution in [0, 0.1) is 11.8 Å². The molecule has 1 aliphatic rings. The maximum atomic E-state index is 12.4. The van der Waals surface area contributed by atoms with Gasteiger partial charge < -0.3 is 24.4 Å². The first-order valence-corrected chi connectivity index (χ1v) is 10.2. The SMILES string of the molecule is CC1CN(C(=O)OC(C)(C)C)CC(C)C1Oc1cncc(Nc2cc(OC(F)F)n[nH]2)n1. The van der Waals surface area contributed by atoms with Gasteiger partial charge in [-0.25, -0.2) is 4.79 Å². The number of piperidine rings is 1. The van der Waals surface area contributed by atoms with Crippen LogP contribution in [0.1, 0.15) is 34.6 Å². The lowest BCUT2D eigenvalue weighted by Crippen LogP contribution is -2.52. The van der Waals surface area contributed by atoms with Crippen molar-refractivity contribution in [1.82, 2.24) is 25.1 Å². The first-order valence-electron chi connectivity index (χ1n) is 10.2. The molecule has 12 heteroatoms. The number of aromatic amines is 1. The van der Waals surface area contributed by atoms with Gasteiger partial charge in [-0.3, -0.25) is 10.1 Å². The fourth-order valence-electron chi connectivity index (χ4n) is 3.51. The molecule has 176 valence electrons. The number of halogens is 2. The van der Waals surface area contributed by atoms with Gasteiger partial charge >= 0.3 is 12.7 Å². The Hall–Kier alpha value is -3.18. The zero-order valence-electron chi connectivity index (χ0n) is 18.6. The molecule has 0 spiro atoms. The number of carbonyl (C=O) groups is 1. The number of H-pyrrole nitrogens is 1. The highest BCUT2D eigenvalue weighted by molar-refractivity contribution is 5.68. The van der Waals surface area contributed by atoms with E-state index in [0.717, 1.165) is 0 Å². The van der Waals surface area contributed by atoms with Crippen LogP contribution in [-0.2, 0) is 4.74 Å². The number of aromatic nitrogens is 4. The third-order valence-electron chi connectivity index (χ3n) is 4.69. The molecule has 2 aromatic rings. The topological polar surface area (TPSA) is 114 Å². The summed E-state index contributed by atoms with van der Waals surface area (Å²) in [5.74, 6) is 0.758. The molecular formula is C20H28F2N6O4. The number of carbonyl (C=O) groups excluding carboxylic acids is 1. The Balaban J connectivity index is 1.61. The van der Waals surface area contributed by atoms with Crippen LogP contribution in [0.5, 0.6) is 11.8 Å². The number of amides is 1. The summed E-state index contributed by atoms with van der Waals surface area (Å²) in [5.41, 5.74) is -0.555. The molecule has 0 saturated carbocycles. The minimum atomic E-state index is -2.96. The molecule has 3 heterocycles. The van der Waals surface area contributed by atoms with E-state index in [2.05, 4.69) is 30.2 Å². The molecule has 0 radical (unpaired) electrons.